The van der Waals surface area contributed by atoms with Gasteiger partial charge in [0.25, 0.3) is 0 Å². The second kappa shape index (κ2) is 5.74. The van der Waals surface area contributed by atoms with Crippen LogP contribution >= 0.6 is 0 Å². The molecule has 0 aliphatic carbocycles. The van der Waals surface area contributed by atoms with Gasteiger partial charge in [-0.25, -0.2) is 9.69 Å². The summed E-state index contributed by atoms with van der Waals surface area (Å²) in [6, 6.07) is 4.36. The topological polar surface area (TPSA) is 90.8 Å². The average molecular weight is 291 g/mol. The molecule has 0 unspecified atom stereocenters. The number of carbonyl (C=O) groups excluding carboxylic acids is 1. The number of nitrogens with two attached hydrogens (primary N) is 1. The smallest absolute Gasteiger partial charge is 0.325 e. The standard InChI is InChI=1S/C14H17N3O4/c1-8-5-10(12(20-4)7-11(8)19-3)17(14(15)18)13-6-9(2)21-16-13/h5-7H,1-4H3,(H2,15,18). The van der Waals surface area contributed by atoms with Gasteiger partial charge in [-0.3, -0.25) is 0 Å². The number of hydrogen-bond acceptors (Lipinski definition) is 5. The summed E-state index contributed by atoms with van der Waals surface area (Å²) in [6.07, 6.45) is 0. The fourth-order valence-corrected chi connectivity index (χ4v) is 2.03. The van der Waals surface area contributed by atoms with Gasteiger partial charge in [0.2, 0.25) is 0 Å². The van der Waals surface area contributed by atoms with Crippen LogP contribution in [0, 0.1) is 13.8 Å². The third-order valence-corrected chi connectivity index (χ3v) is 3.00. The van der Waals surface area contributed by atoms with E-state index in [0.717, 1.165) is 5.56 Å². The molecule has 7 heteroatoms. The summed E-state index contributed by atoms with van der Waals surface area (Å²) in [5.41, 5.74) is 6.77. The van der Waals surface area contributed by atoms with Crippen molar-refractivity contribution in [1.29, 1.82) is 0 Å². The number of aryl methyl sites for hydroxylation is 2. The third kappa shape index (κ3) is 2.76. The number of carbonyl (C=O) groups is 1. The second-order valence-corrected chi connectivity index (χ2v) is 4.46. The molecule has 0 aliphatic heterocycles. The maximum absolute atomic E-state index is 11.8. The lowest BCUT2D eigenvalue weighted by molar-refractivity contribution is 0.255. The molecule has 7 nitrogen and oxygen atoms in total. The van der Waals surface area contributed by atoms with Gasteiger partial charge < -0.3 is 19.7 Å². The lowest BCUT2D eigenvalue weighted by Gasteiger charge is -2.21. The number of hydrogen-bond donors (Lipinski definition) is 1. The molecular formula is C14H17N3O4. The van der Waals surface area contributed by atoms with E-state index < -0.39 is 6.03 Å². The number of aromatic nitrogens is 1. The summed E-state index contributed by atoms with van der Waals surface area (Å²) >= 11 is 0. The van der Waals surface area contributed by atoms with Crippen LogP contribution in [-0.2, 0) is 0 Å². The van der Waals surface area contributed by atoms with Crippen LogP contribution in [-0.4, -0.2) is 25.4 Å². The molecule has 1 aromatic carbocycles. The minimum atomic E-state index is -0.689. The Kier molecular flexibility index (Phi) is 4.02. The Morgan fingerprint density at radius 1 is 1.19 bits per heavy atom. The highest BCUT2D eigenvalue weighted by Gasteiger charge is 2.23. The first-order chi connectivity index (χ1) is 9.97. The van der Waals surface area contributed by atoms with Crippen molar-refractivity contribution < 1.29 is 18.8 Å². The van der Waals surface area contributed by atoms with E-state index >= 15 is 0 Å². The van der Waals surface area contributed by atoms with Gasteiger partial charge in [0.15, 0.2) is 5.82 Å². The predicted molar refractivity (Wildman–Crippen MR) is 77.2 cm³/mol. The molecular weight excluding hydrogens is 274 g/mol. The zero-order valence-corrected chi connectivity index (χ0v) is 12.3. The van der Waals surface area contributed by atoms with Crippen molar-refractivity contribution >= 4 is 17.5 Å². The first-order valence-corrected chi connectivity index (χ1v) is 6.23. The number of rotatable bonds is 4. The highest BCUT2D eigenvalue weighted by molar-refractivity contribution is 5.99. The molecule has 112 valence electrons. The maximum atomic E-state index is 11.8. The Morgan fingerprint density at radius 2 is 1.86 bits per heavy atom. The zero-order chi connectivity index (χ0) is 15.6. The first-order valence-electron chi connectivity index (χ1n) is 6.23. The fourth-order valence-electron chi connectivity index (χ4n) is 2.03. The van der Waals surface area contributed by atoms with Crippen molar-refractivity contribution in [3.05, 3.63) is 29.5 Å². The van der Waals surface area contributed by atoms with Gasteiger partial charge >= 0.3 is 6.03 Å². The van der Waals surface area contributed by atoms with Crippen molar-refractivity contribution in [3.8, 4) is 11.5 Å². The van der Waals surface area contributed by atoms with Gasteiger partial charge in [-0.2, -0.15) is 0 Å². The van der Waals surface area contributed by atoms with Gasteiger partial charge in [0.1, 0.15) is 17.3 Å². The molecule has 2 N–H and O–H groups in total. The van der Waals surface area contributed by atoms with Crippen LogP contribution in [0.4, 0.5) is 16.3 Å². The Morgan fingerprint density at radius 3 is 2.33 bits per heavy atom. The van der Waals surface area contributed by atoms with Crippen LogP contribution in [0.2, 0.25) is 0 Å². The highest BCUT2D eigenvalue weighted by atomic mass is 16.5. The van der Waals surface area contributed by atoms with Crippen molar-refractivity contribution in [3.63, 3.8) is 0 Å². The van der Waals surface area contributed by atoms with E-state index in [1.807, 2.05) is 6.92 Å². The number of methoxy groups -OCH3 is 2. The molecule has 2 aromatic rings. The zero-order valence-electron chi connectivity index (χ0n) is 12.3. The van der Waals surface area contributed by atoms with Crippen molar-refractivity contribution in [2.75, 3.05) is 19.1 Å². The minimum Gasteiger partial charge on any atom is -0.496 e. The molecule has 0 radical (unpaired) electrons. The van der Waals surface area contributed by atoms with Crippen LogP contribution in [0.25, 0.3) is 0 Å². The van der Waals surface area contributed by atoms with Gasteiger partial charge in [0, 0.05) is 12.1 Å². The van der Waals surface area contributed by atoms with E-state index in [1.165, 1.54) is 12.0 Å². The fraction of sp³-hybridized carbons (Fsp3) is 0.286. The van der Waals surface area contributed by atoms with Crippen molar-refractivity contribution in [1.82, 2.24) is 5.16 Å². The van der Waals surface area contributed by atoms with Gasteiger partial charge in [-0.15, -0.1) is 0 Å². The summed E-state index contributed by atoms with van der Waals surface area (Å²) in [5, 5.41) is 3.82. The molecule has 0 saturated heterocycles. The average Bonchev–Trinajstić information content (AvgIpc) is 2.85. The lowest BCUT2D eigenvalue weighted by Crippen LogP contribution is -2.32. The number of urea groups is 1. The Bertz CT molecular complexity index is 666. The Labute approximate surface area is 122 Å². The van der Waals surface area contributed by atoms with Crippen molar-refractivity contribution in [2.45, 2.75) is 13.8 Å². The molecule has 2 rings (SSSR count). The quantitative estimate of drug-likeness (QED) is 0.934. The Hall–Kier alpha value is -2.70. The summed E-state index contributed by atoms with van der Waals surface area (Å²) in [5.74, 6) is 1.96. The minimum absolute atomic E-state index is 0.294. The van der Waals surface area contributed by atoms with E-state index in [1.54, 1.807) is 32.2 Å². The molecule has 0 aliphatic rings. The van der Waals surface area contributed by atoms with Crippen LogP contribution in [0.1, 0.15) is 11.3 Å². The van der Waals surface area contributed by atoms with E-state index in [9.17, 15) is 4.79 Å². The van der Waals surface area contributed by atoms with E-state index in [0.29, 0.717) is 28.8 Å². The lowest BCUT2D eigenvalue weighted by atomic mass is 10.1. The van der Waals surface area contributed by atoms with Gasteiger partial charge in [-0.1, -0.05) is 5.16 Å². The molecule has 0 bridgehead atoms. The summed E-state index contributed by atoms with van der Waals surface area (Å²) in [4.78, 5) is 13.0. The third-order valence-electron chi connectivity index (χ3n) is 3.00. The van der Waals surface area contributed by atoms with Gasteiger partial charge in [0.05, 0.1) is 19.9 Å². The number of ether oxygens (including phenoxy) is 2. The molecule has 0 saturated carbocycles. The molecule has 2 amide bonds. The summed E-state index contributed by atoms with van der Waals surface area (Å²) < 4.78 is 15.6. The summed E-state index contributed by atoms with van der Waals surface area (Å²) in [7, 11) is 3.06. The molecule has 1 heterocycles. The second-order valence-electron chi connectivity index (χ2n) is 4.46. The van der Waals surface area contributed by atoms with Crippen molar-refractivity contribution in [2.24, 2.45) is 5.73 Å². The monoisotopic (exact) mass is 291 g/mol. The van der Waals surface area contributed by atoms with Crippen LogP contribution in [0.5, 0.6) is 11.5 Å². The first kappa shape index (κ1) is 14.7. The number of primary amides is 1. The van der Waals surface area contributed by atoms with E-state index in [4.69, 9.17) is 19.7 Å². The number of anilines is 2. The largest absolute Gasteiger partial charge is 0.496 e. The predicted octanol–water partition coefficient (Wildman–Crippen LogP) is 2.53. The number of nitrogens with zero attached hydrogens (tertiary/aromatic N) is 2. The molecule has 21 heavy (non-hydrogen) atoms. The van der Waals surface area contributed by atoms with Crippen LogP contribution < -0.4 is 20.1 Å². The molecule has 1 aromatic heterocycles. The van der Waals surface area contributed by atoms with E-state index in [-0.39, 0.29) is 0 Å². The van der Waals surface area contributed by atoms with Crippen LogP contribution in [0.15, 0.2) is 22.7 Å². The van der Waals surface area contributed by atoms with Crippen LogP contribution in [0.3, 0.4) is 0 Å². The summed E-state index contributed by atoms with van der Waals surface area (Å²) in [6.45, 7) is 3.58. The van der Waals surface area contributed by atoms with Gasteiger partial charge in [-0.05, 0) is 25.5 Å². The molecule has 0 atom stereocenters. The molecule has 0 spiro atoms. The molecule has 0 fully saturated rings. The highest BCUT2D eigenvalue weighted by Crippen LogP contribution is 2.38. The van der Waals surface area contributed by atoms with E-state index in [2.05, 4.69) is 5.16 Å². The maximum Gasteiger partial charge on any atom is 0.325 e. The number of amides is 2. The normalized spacial score (nSPS) is 10.3. The Balaban J connectivity index is 2.60. The SMILES string of the molecule is COc1cc(OC)c(N(C(N)=O)c2cc(C)on2)cc1C. The number of benzene rings is 1.